The lowest BCUT2D eigenvalue weighted by Gasteiger charge is -2.19. The maximum Gasteiger partial charge on any atom is 0.240 e. The van der Waals surface area contributed by atoms with Crippen LogP contribution in [0.4, 0.5) is 5.69 Å². The summed E-state index contributed by atoms with van der Waals surface area (Å²) in [5.74, 6) is 0.350. The van der Waals surface area contributed by atoms with Gasteiger partial charge in [-0.1, -0.05) is 24.3 Å². The molecule has 0 aromatic heterocycles. The fourth-order valence-corrected chi connectivity index (χ4v) is 5.23. The first kappa shape index (κ1) is 17.6. The van der Waals surface area contributed by atoms with Crippen molar-refractivity contribution < 1.29 is 8.42 Å². The van der Waals surface area contributed by atoms with Gasteiger partial charge in [-0.25, -0.2) is 13.1 Å². The molecule has 0 radical (unpaired) electrons. The van der Waals surface area contributed by atoms with Gasteiger partial charge in [0, 0.05) is 25.3 Å². The molecule has 1 atom stereocenters. The van der Waals surface area contributed by atoms with Crippen LogP contribution in [-0.4, -0.2) is 28.1 Å². The molecule has 1 aliphatic heterocycles. The number of benzene rings is 2. The number of para-hydroxylation sites is 1. The molecule has 0 saturated carbocycles. The number of anilines is 1. The van der Waals surface area contributed by atoms with E-state index in [-0.39, 0.29) is 0 Å². The lowest BCUT2D eigenvalue weighted by atomic mass is 9.92. The normalized spacial score (nSPS) is 20.2. The molecule has 2 aromatic carbocycles. The maximum absolute atomic E-state index is 12.7. The summed E-state index contributed by atoms with van der Waals surface area (Å²) in [5.41, 5.74) is 3.73. The highest BCUT2D eigenvalue weighted by atomic mass is 32.2. The van der Waals surface area contributed by atoms with Crippen LogP contribution < -0.4 is 9.62 Å². The minimum absolute atomic E-state index is 0.350. The predicted molar refractivity (Wildman–Crippen MR) is 105 cm³/mol. The van der Waals surface area contributed by atoms with Crippen LogP contribution in [-0.2, 0) is 22.9 Å². The first-order valence-electron chi connectivity index (χ1n) is 9.53. The van der Waals surface area contributed by atoms with E-state index in [2.05, 4.69) is 21.8 Å². The molecule has 2 aromatic rings. The van der Waals surface area contributed by atoms with Crippen LogP contribution in [0.5, 0.6) is 0 Å². The Labute approximate surface area is 156 Å². The smallest absolute Gasteiger partial charge is 0.240 e. The van der Waals surface area contributed by atoms with Gasteiger partial charge in [0.25, 0.3) is 0 Å². The third kappa shape index (κ3) is 3.79. The zero-order valence-electron chi connectivity index (χ0n) is 15.0. The average Bonchev–Trinajstić information content (AvgIpc) is 3.16. The number of nitrogens with one attached hydrogen (secondary N) is 1. The summed E-state index contributed by atoms with van der Waals surface area (Å²) in [6, 6.07) is 16.0. The Kier molecular flexibility index (Phi) is 5.00. The summed E-state index contributed by atoms with van der Waals surface area (Å²) in [6.07, 6.45) is 5.44. The standard InChI is InChI=1S/C21H26N2O2S/c24-26(25,21-11-10-18-6-4-5-7-19(18)14-21)22-15-17-12-13-23(16-17)20-8-2-1-3-9-20/h1-3,8-11,14,17,22H,4-7,12-13,15-16H2. The Morgan fingerprint density at radius 1 is 1.00 bits per heavy atom. The van der Waals surface area contributed by atoms with E-state index in [1.165, 1.54) is 23.2 Å². The molecule has 1 unspecified atom stereocenters. The molecule has 4 rings (SSSR count). The highest BCUT2D eigenvalue weighted by Crippen LogP contribution is 2.25. The van der Waals surface area contributed by atoms with Crippen LogP contribution >= 0.6 is 0 Å². The van der Waals surface area contributed by atoms with Crippen LogP contribution in [0.2, 0.25) is 0 Å². The zero-order chi connectivity index (χ0) is 18.0. The lowest BCUT2D eigenvalue weighted by Crippen LogP contribution is -2.31. The van der Waals surface area contributed by atoms with Crippen molar-refractivity contribution in [2.45, 2.75) is 37.0 Å². The van der Waals surface area contributed by atoms with Crippen molar-refractivity contribution in [2.75, 3.05) is 24.5 Å². The first-order valence-corrected chi connectivity index (χ1v) is 11.0. The molecule has 0 spiro atoms. The van der Waals surface area contributed by atoms with Gasteiger partial charge >= 0.3 is 0 Å². The summed E-state index contributed by atoms with van der Waals surface area (Å²) in [7, 11) is -3.43. The monoisotopic (exact) mass is 370 g/mol. The zero-order valence-corrected chi connectivity index (χ0v) is 15.8. The lowest BCUT2D eigenvalue weighted by molar-refractivity contribution is 0.541. The first-order chi connectivity index (χ1) is 12.6. The fraction of sp³-hybridized carbons (Fsp3) is 0.429. The van der Waals surface area contributed by atoms with Gasteiger partial charge in [-0.05, 0) is 73.4 Å². The topological polar surface area (TPSA) is 49.4 Å². The summed E-state index contributed by atoms with van der Waals surface area (Å²) in [5, 5.41) is 0. The van der Waals surface area contributed by atoms with E-state index in [0.717, 1.165) is 38.8 Å². The highest BCUT2D eigenvalue weighted by molar-refractivity contribution is 7.89. The maximum atomic E-state index is 12.7. The van der Waals surface area contributed by atoms with Crippen LogP contribution in [0, 0.1) is 5.92 Å². The summed E-state index contributed by atoms with van der Waals surface area (Å²) in [6.45, 7) is 2.38. The van der Waals surface area contributed by atoms with Gasteiger partial charge in [-0.2, -0.15) is 0 Å². The summed E-state index contributed by atoms with van der Waals surface area (Å²) >= 11 is 0. The van der Waals surface area contributed by atoms with Gasteiger partial charge in [0.05, 0.1) is 4.90 Å². The number of aryl methyl sites for hydroxylation is 2. The van der Waals surface area contributed by atoms with E-state index in [1.54, 1.807) is 6.07 Å². The third-order valence-electron chi connectivity index (χ3n) is 5.60. The summed E-state index contributed by atoms with van der Waals surface area (Å²) in [4.78, 5) is 2.74. The molecule has 1 saturated heterocycles. The van der Waals surface area contributed by atoms with E-state index in [4.69, 9.17) is 0 Å². The van der Waals surface area contributed by atoms with Crippen molar-refractivity contribution in [2.24, 2.45) is 5.92 Å². The predicted octanol–water partition coefficient (Wildman–Crippen LogP) is 3.37. The van der Waals surface area contributed by atoms with Gasteiger partial charge in [0.15, 0.2) is 0 Å². The number of hydrogen-bond acceptors (Lipinski definition) is 3. The van der Waals surface area contributed by atoms with Crippen molar-refractivity contribution in [3.05, 3.63) is 59.7 Å². The molecule has 0 bridgehead atoms. The van der Waals surface area contributed by atoms with Gasteiger partial charge < -0.3 is 4.90 Å². The van der Waals surface area contributed by atoms with Crippen molar-refractivity contribution in [3.63, 3.8) is 0 Å². The molecular formula is C21H26N2O2S. The molecule has 0 amide bonds. The molecule has 138 valence electrons. The summed E-state index contributed by atoms with van der Waals surface area (Å²) < 4.78 is 28.2. The Hall–Kier alpha value is -1.85. The highest BCUT2D eigenvalue weighted by Gasteiger charge is 2.25. The molecule has 1 fully saturated rings. The van der Waals surface area contributed by atoms with E-state index in [9.17, 15) is 8.42 Å². The number of sulfonamides is 1. The van der Waals surface area contributed by atoms with Crippen molar-refractivity contribution >= 4 is 15.7 Å². The SMILES string of the molecule is O=S(=O)(NCC1CCN(c2ccccc2)C1)c1ccc2c(c1)CCCC2. The van der Waals surface area contributed by atoms with Gasteiger partial charge in [0.1, 0.15) is 0 Å². The minimum atomic E-state index is -3.43. The van der Waals surface area contributed by atoms with E-state index >= 15 is 0 Å². The second kappa shape index (κ2) is 7.41. The molecule has 1 aliphatic carbocycles. The van der Waals surface area contributed by atoms with E-state index in [1.807, 2.05) is 30.3 Å². The largest absolute Gasteiger partial charge is 0.371 e. The second-order valence-corrected chi connectivity index (χ2v) is 9.19. The number of rotatable bonds is 5. The number of hydrogen-bond donors (Lipinski definition) is 1. The molecule has 1 N–H and O–H groups in total. The van der Waals surface area contributed by atoms with Crippen LogP contribution in [0.1, 0.15) is 30.4 Å². The van der Waals surface area contributed by atoms with Gasteiger partial charge in [0.2, 0.25) is 10.0 Å². The van der Waals surface area contributed by atoms with Crippen LogP contribution in [0.25, 0.3) is 0 Å². The Morgan fingerprint density at radius 3 is 2.58 bits per heavy atom. The molecule has 26 heavy (non-hydrogen) atoms. The molecule has 2 aliphatic rings. The quantitative estimate of drug-likeness (QED) is 0.878. The van der Waals surface area contributed by atoms with Crippen molar-refractivity contribution in [3.8, 4) is 0 Å². The molecular weight excluding hydrogens is 344 g/mol. The van der Waals surface area contributed by atoms with E-state index < -0.39 is 10.0 Å². The van der Waals surface area contributed by atoms with Gasteiger partial charge in [-0.15, -0.1) is 0 Å². The van der Waals surface area contributed by atoms with Crippen LogP contribution in [0.3, 0.4) is 0 Å². The van der Waals surface area contributed by atoms with Gasteiger partial charge in [-0.3, -0.25) is 0 Å². The Balaban J connectivity index is 1.38. The van der Waals surface area contributed by atoms with Crippen molar-refractivity contribution in [1.29, 1.82) is 0 Å². The fourth-order valence-electron chi connectivity index (χ4n) is 4.06. The average molecular weight is 371 g/mol. The van der Waals surface area contributed by atoms with Crippen molar-refractivity contribution in [1.82, 2.24) is 4.72 Å². The number of fused-ring (bicyclic) bond motifs is 1. The van der Waals surface area contributed by atoms with Crippen LogP contribution in [0.15, 0.2) is 53.4 Å². The second-order valence-electron chi connectivity index (χ2n) is 7.43. The number of nitrogens with zero attached hydrogens (tertiary/aromatic N) is 1. The third-order valence-corrected chi connectivity index (χ3v) is 7.02. The molecule has 4 nitrogen and oxygen atoms in total. The Bertz CT molecular complexity index is 865. The Morgan fingerprint density at radius 2 is 1.77 bits per heavy atom. The molecule has 1 heterocycles. The minimum Gasteiger partial charge on any atom is -0.371 e. The van der Waals surface area contributed by atoms with E-state index in [0.29, 0.717) is 17.4 Å². The molecule has 5 heteroatoms.